The Morgan fingerprint density at radius 1 is 1.00 bits per heavy atom. The molecule has 0 radical (unpaired) electrons. The van der Waals surface area contributed by atoms with Gasteiger partial charge in [0.1, 0.15) is 10.9 Å². The largest absolute Gasteiger partial charge is 0.342 e. The molecule has 1 unspecified atom stereocenters. The predicted molar refractivity (Wildman–Crippen MR) is 116 cm³/mol. The molecule has 0 bridgehead atoms. The van der Waals surface area contributed by atoms with E-state index < -0.39 is 0 Å². The van der Waals surface area contributed by atoms with E-state index in [0.29, 0.717) is 5.56 Å². The Bertz CT molecular complexity index is 1070. The average molecular weight is 403 g/mol. The van der Waals surface area contributed by atoms with Crippen LogP contribution >= 0.6 is 11.8 Å². The first-order chi connectivity index (χ1) is 14.1. The highest BCUT2D eigenvalue weighted by Gasteiger charge is 2.22. The number of fused-ring (bicyclic) bond motifs is 1. The van der Waals surface area contributed by atoms with Crippen molar-refractivity contribution in [2.24, 2.45) is 5.92 Å². The molecule has 0 aliphatic rings. The number of pyridine rings is 1. The third-order valence-electron chi connectivity index (χ3n) is 4.63. The van der Waals surface area contributed by atoms with Crippen LogP contribution in [0.2, 0.25) is 0 Å². The molecule has 5 nitrogen and oxygen atoms in total. The van der Waals surface area contributed by atoms with Gasteiger partial charge in [0, 0.05) is 16.7 Å². The minimum atomic E-state index is -0.197. The number of nitrogens with one attached hydrogen (secondary N) is 2. The van der Waals surface area contributed by atoms with Gasteiger partial charge in [0.15, 0.2) is 0 Å². The fourth-order valence-electron chi connectivity index (χ4n) is 3.10. The van der Waals surface area contributed by atoms with Crippen molar-refractivity contribution in [3.8, 4) is 0 Å². The summed E-state index contributed by atoms with van der Waals surface area (Å²) in [4.78, 5) is 26.2. The molecule has 29 heavy (non-hydrogen) atoms. The van der Waals surface area contributed by atoms with E-state index in [0.717, 1.165) is 26.8 Å². The lowest BCUT2D eigenvalue weighted by molar-refractivity contribution is 0.0923. The topological polar surface area (TPSA) is 70.7 Å². The van der Waals surface area contributed by atoms with E-state index in [1.807, 2.05) is 66.7 Å². The summed E-state index contributed by atoms with van der Waals surface area (Å²) in [6.45, 7) is 4.15. The van der Waals surface area contributed by atoms with Crippen LogP contribution in [0.1, 0.15) is 36.1 Å². The number of rotatable bonds is 6. The van der Waals surface area contributed by atoms with E-state index in [4.69, 9.17) is 0 Å². The molecule has 0 saturated heterocycles. The predicted octanol–water partition coefficient (Wildman–Crippen LogP) is 5.24. The first-order valence-corrected chi connectivity index (χ1v) is 10.4. The zero-order chi connectivity index (χ0) is 20.2. The van der Waals surface area contributed by atoms with Crippen molar-refractivity contribution >= 4 is 28.7 Å². The van der Waals surface area contributed by atoms with Gasteiger partial charge >= 0.3 is 0 Å². The fourth-order valence-corrected chi connectivity index (χ4v) is 3.87. The quantitative estimate of drug-likeness (QED) is 0.463. The maximum atomic E-state index is 12.8. The molecule has 4 rings (SSSR count). The van der Waals surface area contributed by atoms with Crippen LogP contribution in [-0.4, -0.2) is 20.9 Å². The summed E-state index contributed by atoms with van der Waals surface area (Å²) < 4.78 is 0. The summed E-state index contributed by atoms with van der Waals surface area (Å²) in [5.74, 6) is 0.855. The van der Waals surface area contributed by atoms with Crippen LogP contribution in [0, 0.1) is 5.92 Å². The Balaban J connectivity index is 1.49. The lowest BCUT2D eigenvalue weighted by Gasteiger charge is -2.20. The average Bonchev–Trinajstić information content (AvgIpc) is 3.16. The van der Waals surface area contributed by atoms with E-state index in [9.17, 15) is 4.79 Å². The highest BCUT2D eigenvalue weighted by molar-refractivity contribution is 7.99. The number of imidazole rings is 1. The second kappa shape index (κ2) is 8.49. The van der Waals surface area contributed by atoms with Gasteiger partial charge in [0.25, 0.3) is 5.91 Å². The summed E-state index contributed by atoms with van der Waals surface area (Å²) in [6.07, 6.45) is 1.77. The Morgan fingerprint density at radius 3 is 2.45 bits per heavy atom. The molecule has 0 spiro atoms. The Labute approximate surface area is 174 Å². The summed E-state index contributed by atoms with van der Waals surface area (Å²) in [7, 11) is 0. The molecule has 4 aromatic rings. The van der Waals surface area contributed by atoms with E-state index in [-0.39, 0.29) is 17.9 Å². The van der Waals surface area contributed by atoms with E-state index in [1.165, 1.54) is 0 Å². The number of para-hydroxylation sites is 2. The first-order valence-electron chi connectivity index (χ1n) is 9.54. The third-order valence-corrected chi connectivity index (χ3v) is 5.59. The van der Waals surface area contributed by atoms with Crippen molar-refractivity contribution in [1.29, 1.82) is 0 Å². The lowest BCUT2D eigenvalue weighted by Crippen LogP contribution is -2.32. The van der Waals surface area contributed by atoms with Gasteiger partial charge in [-0.25, -0.2) is 9.97 Å². The number of amides is 1. The van der Waals surface area contributed by atoms with Crippen molar-refractivity contribution in [1.82, 2.24) is 20.3 Å². The summed E-state index contributed by atoms with van der Waals surface area (Å²) in [5.41, 5.74) is 2.49. The van der Waals surface area contributed by atoms with E-state index in [1.54, 1.807) is 18.0 Å². The molecule has 2 heterocycles. The monoisotopic (exact) mass is 402 g/mol. The minimum absolute atomic E-state index is 0.112. The summed E-state index contributed by atoms with van der Waals surface area (Å²) in [6, 6.07) is 21.1. The van der Waals surface area contributed by atoms with Crippen LogP contribution in [0.15, 0.2) is 82.8 Å². The fraction of sp³-hybridized carbons (Fsp3) is 0.174. The normalized spacial score (nSPS) is 12.2. The smallest absolute Gasteiger partial charge is 0.251 e. The molecule has 6 heteroatoms. The summed E-state index contributed by atoms with van der Waals surface area (Å²) in [5, 5.41) is 4.05. The van der Waals surface area contributed by atoms with Crippen LogP contribution in [-0.2, 0) is 0 Å². The molecule has 0 aliphatic heterocycles. The zero-order valence-corrected chi connectivity index (χ0v) is 17.1. The molecule has 0 fully saturated rings. The van der Waals surface area contributed by atoms with Gasteiger partial charge in [-0.05, 0) is 54.4 Å². The summed E-state index contributed by atoms with van der Waals surface area (Å²) >= 11 is 1.57. The second-order valence-electron chi connectivity index (χ2n) is 7.13. The highest BCUT2D eigenvalue weighted by Crippen LogP contribution is 2.26. The second-order valence-corrected chi connectivity index (χ2v) is 8.22. The van der Waals surface area contributed by atoms with Gasteiger partial charge in [-0.1, -0.05) is 43.8 Å². The van der Waals surface area contributed by atoms with Crippen molar-refractivity contribution < 1.29 is 4.79 Å². The number of aromatic nitrogens is 3. The number of carbonyl (C=O) groups is 1. The van der Waals surface area contributed by atoms with Crippen molar-refractivity contribution in [3.05, 3.63) is 84.3 Å². The first kappa shape index (κ1) is 19.2. The van der Waals surface area contributed by atoms with Gasteiger partial charge in [-0.2, -0.15) is 0 Å². The van der Waals surface area contributed by atoms with Gasteiger partial charge in [-0.15, -0.1) is 0 Å². The minimum Gasteiger partial charge on any atom is -0.342 e. The highest BCUT2D eigenvalue weighted by atomic mass is 32.2. The van der Waals surface area contributed by atoms with Gasteiger partial charge in [-0.3, -0.25) is 4.79 Å². The Hall–Kier alpha value is -3.12. The van der Waals surface area contributed by atoms with Crippen LogP contribution in [0.5, 0.6) is 0 Å². The molecular weight excluding hydrogens is 380 g/mol. The molecule has 1 atom stereocenters. The molecule has 2 aromatic heterocycles. The number of H-pyrrole nitrogens is 1. The molecule has 146 valence electrons. The molecule has 0 aliphatic carbocycles. The maximum absolute atomic E-state index is 12.8. The number of hydrogen-bond acceptors (Lipinski definition) is 4. The molecule has 2 N–H and O–H groups in total. The van der Waals surface area contributed by atoms with Crippen LogP contribution in [0.25, 0.3) is 11.0 Å². The molecule has 2 aromatic carbocycles. The molecule has 1 amide bonds. The standard InChI is InChI=1S/C23H22N4OS/c1-15(2)21(22-25-18-7-3-4-8-19(18)26-22)27-23(28)16-10-12-17(13-11-16)29-20-9-5-6-14-24-20/h3-15,21H,1-2H3,(H,25,26)(H,27,28). The van der Waals surface area contributed by atoms with Crippen molar-refractivity contribution in [2.75, 3.05) is 0 Å². The van der Waals surface area contributed by atoms with Crippen LogP contribution in [0.4, 0.5) is 0 Å². The van der Waals surface area contributed by atoms with Gasteiger partial charge in [0.05, 0.1) is 17.1 Å². The number of nitrogens with zero attached hydrogens (tertiary/aromatic N) is 2. The molecule has 0 saturated carbocycles. The van der Waals surface area contributed by atoms with Crippen LogP contribution < -0.4 is 5.32 Å². The SMILES string of the molecule is CC(C)C(NC(=O)c1ccc(Sc2ccccn2)cc1)c1nc2ccccc2[nH]1. The maximum Gasteiger partial charge on any atom is 0.251 e. The van der Waals surface area contributed by atoms with Gasteiger partial charge in [0.2, 0.25) is 0 Å². The van der Waals surface area contributed by atoms with Gasteiger partial charge < -0.3 is 10.3 Å². The van der Waals surface area contributed by atoms with Crippen molar-refractivity contribution in [2.45, 2.75) is 29.8 Å². The lowest BCUT2D eigenvalue weighted by atomic mass is 10.0. The number of carbonyl (C=O) groups excluding carboxylic acids is 1. The Kier molecular flexibility index (Phi) is 5.62. The molecular formula is C23H22N4OS. The number of benzene rings is 2. The number of aromatic amines is 1. The Morgan fingerprint density at radius 2 is 1.76 bits per heavy atom. The van der Waals surface area contributed by atoms with Crippen LogP contribution in [0.3, 0.4) is 0 Å². The van der Waals surface area contributed by atoms with E-state index in [2.05, 4.69) is 34.1 Å². The van der Waals surface area contributed by atoms with E-state index >= 15 is 0 Å². The third kappa shape index (κ3) is 4.49. The zero-order valence-electron chi connectivity index (χ0n) is 16.3. The van der Waals surface area contributed by atoms with Crippen molar-refractivity contribution in [3.63, 3.8) is 0 Å². The number of hydrogen-bond donors (Lipinski definition) is 2.